The lowest BCUT2D eigenvalue weighted by atomic mass is 9.89. The van der Waals surface area contributed by atoms with E-state index in [0.29, 0.717) is 24.9 Å². The van der Waals surface area contributed by atoms with Crippen molar-refractivity contribution in [1.29, 1.82) is 0 Å². The smallest absolute Gasteiger partial charge is 0.314 e. The van der Waals surface area contributed by atoms with Crippen molar-refractivity contribution in [1.82, 2.24) is 10.6 Å². The molecule has 2 saturated heterocycles. The molecule has 0 unspecified atom stereocenters. The fourth-order valence-electron chi connectivity index (χ4n) is 2.74. The van der Waals surface area contributed by atoms with E-state index < -0.39 is 0 Å². The Morgan fingerprint density at radius 1 is 1.37 bits per heavy atom. The summed E-state index contributed by atoms with van der Waals surface area (Å²) in [5.74, 6) is 0.941. The van der Waals surface area contributed by atoms with E-state index in [0.717, 1.165) is 26.2 Å². The third kappa shape index (κ3) is 3.83. The fourth-order valence-corrected chi connectivity index (χ4v) is 2.74. The molecule has 0 aromatic heterocycles. The van der Waals surface area contributed by atoms with Crippen molar-refractivity contribution in [3.05, 3.63) is 0 Å². The van der Waals surface area contributed by atoms with Gasteiger partial charge in [-0.1, -0.05) is 20.8 Å². The van der Waals surface area contributed by atoms with Crippen LogP contribution in [0.15, 0.2) is 0 Å². The monoisotopic (exact) mass is 270 g/mol. The Labute approximate surface area is 115 Å². The molecular weight excluding hydrogens is 244 g/mol. The molecule has 19 heavy (non-hydrogen) atoms. The minimum Gasteiger partial charge on any atom is -0.380 e. The van der Waals surface area contributed by atoms with E-state index in [1.165, 1.54) is 0 Å². The lowest BCUT2D eigenvalue weighted by molar-refractivity contribution is -0.0975. The van der Waals surface area contributed by atoms with E-state index >= 15 is 0 Å². The maximum atomic E-state index is 11.8. The molecule has 0 radical (unpaired) electrons. The summed E-state index contributed by atoms with van der Waals surface area (Å²) in [6.07, 6.45) is 1.31. The van der Waals surface area contributed by atoms with Gasteiger partial charge in [0.25, 0.3) is 0 Å². The van der Waals surface area contributed by atoms with Crippen molar-refractivity contribution in [2.24, 2.45) is 17.3 Å². The first-order valence-electron chi connectivity index (χ1n) is 7.21. The molecule has 0 aromatic rings. The predicted octanol–water partition coefficient (Wildman–Crippen LogP) is 1.38. The van der Waals surface area contributed by atoms with Gasteiger partial charge in [-0.25, -0.2) is 4.79 Å². The molecule has 2 N–H and O–H groups in total. The summed E-state index contributed by atoms with van der Waals surface area (Å²) in [7, 11) is 0. The van der Waals surface area contributed by atoms with Gasteiger partial charge in [0.05, 0.1) is 19.3 Å². The van der Waals surface area contributed by atoms with Gasteiger partial charge in [-0.3, -0.25) is 0 Å². The molecule has 2 rings (SSSR count). The zero-order valence-corrected chi connectivity index (χ0v) is 12.2. The molecule has 5 nitrogen and oxygen atoms in total. The van der Waals surface area contributed by atoms with Gasteiger partial charge in [-0.05, 0) is 12.3 Å². The molecule has 2 aliphatic rings. The van der Waals surface area contributed by atoms with Crippen molar-refractivity contribution in [3.8, 4) is 0 Å². The van der Waals surface area contributed by atoms with Crippen LogP contribution in [0.1, 0.15) is 27.2 Å². The van der Waals surface area contributed by atoms with Crippen LogP contribution >= 0.6 is 0 Å². The minimum absolute atomic E-state index is 0.0810. The maximum Gasteiger partial charge on any atom is 0.314 e. The van der Waals surface area contributed by atoms with E-state index in [9.17, 15) is 4.79 Å². The van der Waals surface area contributed by atoms with E-state index in [1.807, 2.05) is 0 Å². The largest absolute Gasteiger partial charge is 0.380 e. The number of amides is 2. The fraction of sp³-hybridized carbons (Fsp3) is 0.929. The molecule has 0 aliphatic carbocycles. The Morgan fingerprint density at radius 2 is 2.11 bits per heavy atom. The quantitative estimate of drug-likeness (QED) is 0.793. The van der Waals surface area contributed by atoms with Crippen molar-refractivity contribution in [2.45, 2.75) is 33.3 Å². The number of hydrogen-bond acceptors (Lipinski definition) is 3. The zero-order chi connectivity index (χ0) is 13.9. The molecule has 110 valence electrons. The van der Waals surface area contributed by atoms with Crippen molar-refractivity contribution < 1.29 is 14.3 Å². The summed E-state index contributed by atoms with van der Waals surface area (Å²) in [6.45, 7) is 10.1. The molecule has 0 spiro atoms. The Hall–Kier alpha value is -0.810. The molecule has 2 amide bonds. The summed E-state index contributed by atoms with van der Waals surface area (Å²) >= 11 is 0. The first kappa shape index (κ1) is 14.6. The average Bonchev–Trinajstić information content (AvgIpc) is 2.79. The van der Waals surface area contributed by atoms with Crippen LogP contribution in [0.5, 0.6) is 0 Å². The second kappa shape index (κ2) is 6.09. The van der Waals surface area contributed by atoms with Gasteiger partial charge in [0.15, 0.2) is 0 Å². The molecule has 2 aliphatic heterocycles. The minimum atomic E-state index is -0.0810. The van der Waals surface area contributed by atoms with Crippen molar-refractivity contribution in [3.63, 3.8) is 0 Å². The van der Waals surface area contributed by atoms with Gasteiger partial charge in [-0.2, -0.15) is 0 Å². The number of hydrogen-bond donors (Lipinski definition) is 2. The topological polar surface area (TPSA) is 59.6 Å². The van der Waals surface area contributed by atoms with Crippen LogP contribution in [0, 0.1) is 17.3 Å². The highest BCUT2D eigenvalue weighted by molar-refractivity contribution is 5.73. The van der Waals surface area contributed by atoms with Crippen molar-refractivity contribution in [2.75, 3.05) is 32.9 Å². The van der Waals surface area contributed by atoms with E-state index in [1.54, 1.807) is 0 Å². The number of nitrogens with one attached hydrogen (secondary N) is 2. The van der Waals surface area contributed by atoms with Gasteiger partial charge < -0.3 is 20.1 Å². The van der Waals surface area contributed by atoms with Crippen LogP contribution in [0.4, 0.5) is 4.79 Å². The lowest BCUT2D eigenvalue weighted by Gasteiger charge is -2.38. The molecule has 2 heterocycles. The third-order valence-electron chi connectivity index (χ3n) is 4.02. The number of rotatable bonds is 5. The second-order valence-electron chi connectivity index (χ2n) is 6.50. The Bertz CT molecular complexity index is 316. The molecule has 2 atom stereocenters. The van der Waals surface area contributed by atoms with Crippen molar-refractivity contribution >= 4 is 6.03 Å². The maximum absolute atomic E-state index is 11.8. The van der Waals surface area contributed by atoms with Gasteiger partial charge in [-0.15, -0.1) is 0 Å². The van der Waals surface area contributed by atoms with E-state index in [2.05, 4.69) is 31.4 Å². The summed E-state index contributed by atoms with van der Waals surface area (Å²) in [5, 5.41) is 5.88. The molecule has 5 heteroatoms. The normalized spacial score (nSPS) is 29.1. The highest BCUT2D eigenvalue weighted by atomic mass is 16.5. The molecule has 0 aromatic carbocycles. The first-order chi connectivity index (χ1) is 9.00. The third-order valence-corrected chi connectivity index (χ3v) is 4.02. The molecule has 0 saturated carbocycles. The van der Waals surface area contributed by atoms with Gasteiger partial charge >= 0.3 is 6.03 Å². The summed E-state index contributed by atoms with van der Waals surface area (Å²) in [5.41, 5.74) is 0.119. The SMILES string of the molecule is CC(C)[C@H]1OCC[C@@H]1CNC(=O)NCC1(C)COC1. The van der Waals surface area contributed by atoms with Gasteiger partial charge in [0.2, 0.25) is 0 Å². The van der Waals surface area contributed by atoms with Crippen LogP contribution in [-0.2, 0) is 9.47 Å². The second-order valence-corrected chi connectivity index (χ2v) is 6.50. The number of carbonyl (C=O) groups excluding carboxylic acids is 1. The summed E-state index contributed by atoms with van der Waals surface area (Å²) in [4.78, 5) is 11.8. The Kier molecular flexibility index (Phi) is 4.68. The number of carbonyl (C=O) groups is 1. The van der Waals surface area contributed by atoms with Crippen LogP contribution in [0.25, 0.3) is 0 Å². The number of urea groups is 1. The van der Waals surface area contributed by atoms with Gasteiger partial charge in [0.1, 0.15) is 0 Å². The van der Waals surface area contributed by atoms with Gasteiger partial charge in [0, 0.05) is 31.0 Å². The van der Waals surface area contributed by atoms with Crippen LogP contribution < -0.4 is 10.6 Å². The molecule has 2 fully saturated rings. The van der Waals surface area contributed by atoms with Crippen LogP contribution in [-0.4, -0.2) is 45.0 Å². The Balaban J connectivity index is 1.65. The summed E-state index contributed by atoms with van der Waals surface area (Å²) < 4.78 is 10.9. The van der Waals surface area contributed by atoms with Crippen LogP contribution in [0.2, 0.25) is 0 Å². The lowest BCUT2D eigenvalue weighted by Crippen LogP contribution is -2.51. The van der Waals surface area contributed by atoms with E-state index in [-0.39, 0.29) is 17.6 Å². The first-order valence-corrected chi connectivity index (χ1v) is 7.21. The summed E-state index contributed by atoms with van der Waals surface area (Å²) in [6, 6.07) is -0.0810. The molecular formula is C14H26N2O3. The number of ether oxygens (including phenoxy) is 2. The Morgan fingerprint density at radius 3 is 2.68 bits per heavy atom. The van der Waals surface area contributed by atoms with Crippen LogP contribution in [0.3, 0.4) is 0 Å². The van der Waals surface area contributed by atoms with E-state index in [4.69, 9.17) is 9.47 Å². The molecule has 0 bridgehead atoms. The zero-order valence-electron chi connectivity index (χ0n) is 12.2. The predicted molar refractivity (Wildman–Crippen MR) is 73.0 cm³/mol. The highest BCUT2D eigenvalue weighted by Gasteiger charge is 2.34. The average molecular weight is 270 g/mol. The standard InChI is InChI=1S/C14H26N2O3/c1-10(2)12-11(4-5-19-12)6-15-13(17)16-7-14(3)8-18-9-14/h10-12H,4-9H2,1-3H3,(H2,15,16,17)/t11-,12-/m1/s1. The highest BCUT2D eigenvalue weighted by Crippen LogP contribution is 2.26.